The second-order valence-electron chi connectivity index (χ2n) is 7.04. The van der Waals surface area contributed by atoms with Crippen LogP contribution in [-0.4, -0.2) is 50.0 Å². The van der Waals surface area contributed by atoms with Gasteiger partial charge in [0.05, 0.1) is 11.1 Å². The van der Waals surface area contributed by atoms with Crippen LogP contribution in [0.2, 0.25) is 0 Å². The van der Waals surface area contributed by atoms with Gasteiger partial charge in [0.15, 0.2) is 23.8 Å². The third-order valence-corrected chi connectivity index (χ3v) is 4.98. The molecule has 7 nitrogen and oxygen atoms in total. The quantitative estimate of drug-likeness (QED) is 0.437. The fourth-order valence-electron chi connectivity index (χ4n) is 2.72. The van der Waals surface area contributed by atoms with Crippen molar-refractivity contribution in [1.29, 1.82) is 0 Å². The molecule has 0 atom stereocenters. The highest BCUT2D eigenvalue weighted by Crippen LogP contribution is 2.38. The maximum Gasteiger partial charge on any atom is 0.363 e. The van der Waals surface area contributed by atoms with E-state index in [4.69, 9.17) is 14.2 Å². The molecule has 2 aromatic rings. The summed E-state index contributed by atoms with van der Waals surface area (Å²) >= 11 is 3.46. The van der Waals surface area contributed by atoms with Gasteiger partial charge in [-0.3, -0.25) is 4.79 Å². The van der Waals surface area contributed by atoms with Crippen LogP contribution in [0, 0.1) is 6.92 Å². The van der Waals surface area contributed by atoms with Gasteiger partial charge >= 0.3 is 5.97 Å². The van der Waals surface area contributed by atoms with Crippen molar-refractivity contribution in [1.82, 2.24) is 4.90 Å². The van der Waals surface area contributed by atoms with Crippen molar-refractivity contribution >= 4 is 39.8 Å². The van der Waals surface area contributed by atoms with E-state index in [2.05, 4.69) is 20.9 Å². The Morgan fingerprint density at radius 1 is 1.19 bits per heavy atom. The molecule has 0 saturated carbocycles. The van der Waals surface area contributed by atoms with E-state index in [0.717, 1.165) is 11.1 Å². The lowest BCUT2D eigenvalue weighted by Crippen LogP contribution is -2.27. The van der Waals surface area contributed by atoms with Gasteiger partial charge < -0.3 is 19.1 Å². The average molecular weight is 487 g/mol. The molecule has 2 aromatic carbocycles. The molecule has 1 heterocycles. The first kappa shape index (κ1) is 22.6. The molecular formula is C23H23BrN2O5. The lowest BCUT2D eigenvalue weighted by molar-refractivity contribution is -0.131. The van der Waals surface area contributed by atoms with Crippen LogP contribution in [0.3, 0.4) is 0 Å². The number of benzene rings is 2. The van der Waals surface area contributed by atoms with Crippen molar-refractivity contribution in [3.05, 3.63) is 63.3 Å². The van der Waals surface area contributed by atoms with E-state index in [9.17, 15) is 9.59 Å². The number of nitrogens with zero attached hydrogens (tertiary/aromatic N) is 2. The van der Waals surface area contributed by atoms with Gasteiger partial charge in [-0.1, -0.05) is 17.7 Å². The minimum absolute atomic E-state index is 0.122. The maximum absolute atomic E-state index is 12.3. The van der Waals surface area contributed by atoms with Gasteiger partial charge in [0.2, 0.25) is 5.90 Å². The van der Waals surface area contributed by atoms with Gasteiger partial charge in [0.25, 0.3) is 5.91 Å². The zero-order valence-electron chi connectivity index (χ0n) is 17.8. The fraction of sp³-hybridized carbons (Fsp3) is 0.261. The molecule has 31 heavy (non-hydrogen) atoms. The molecule has 1 aliphatic heterocycles. The largest absolute Gasteiger partial charge is 0.490 e. The number of amides is 1. The van der Waals surface area contributed by atoms with Crippen molar-refractivity contribution in [3.8, 4) is 11.5 Å². The molecule has 0 radical (unpaired) electrons. The summed E-state index contributed by atoms with van der Waals surface area (Å²) in [5, 5.41) is 0. The molecule has 0 spiro atoms. The van der Waals surface area contributed by atoms with Crippen LogP contribution in [-0.2, 0) is 14.3 Å². The van der Waals surface area contributed by atoms with E-state index in [0.29, 0.717) is 28.1 Å². The Morgan fingerprint density at radius 3 is 2.55 bits per heavy atom. The van der Waals surface area contributed by atoms with Crippen LogP contribution in [0.1, 0.15) is 23.6 Å². The van der Waals surface area contributed by atoms with Crippen LogP contribution in [0.25, 0.3) is 6.08 Å². The number of likely N-dealkylation sites (N-methyl/N-ethyl adjacent to an activating group) is 1. The molecule has 1 aliphatic rings. The standard InChI is InChI=1S/C23H23BrN2O5/c1-5-29-19-12-15(10-17(24)21(19)30-13-20(27)26(3)4)11-18-23(28)31-22(25-18)16-8-6-14(2)7-9-16/h6-12H,5,13H2,1-4H3/b18-11-. The number of carbonyl (C=O) groups excluding carboxylic acids is 2. The number of aryl methyl sites for hydroxylation is 1. The Labute approximate surface area is 189 Å². The van der Waals surface area contributed by atoms with E-state index in [-0.39, 0.29) is 24.1 Å². The monoisotopic (exact) mass is 486 g/mol. The summed E-state index contributed by atoms with van der Waals surface area (Å²) in [6.45, 7) is 4.11. The average Bonchev–Trinajstić information content (AvgIpc) is 3.08. The maximum atomic E-state index is 12.3. The predicted molar refractivity (Wildman–Crippen MR) is 121 cm³/mol. The summed E-state index contributed by atoms with van der Waals surface area (Å²) < 4.78 is 17.3. The Morgan fingerprint density at radius 2 is 1.90 bits per heavy atom. The number of halogens is 1. The summed E-state index contributed by atoms with van der Waals surface area (Å²) in [7, 11) is 3.32. The van der Waals surface area contributed by atoms with Crippen LogP contribution in [0.4, 0.5) is 0 Å². The highest BCUT2D eigenvalue weighted by molar-refractivity contribution is 9.10. The van der Waals surface area contributed by atoms with Crippen molar-refractivity contribution in [3.63, 3.8) is 0 Å². The molecule has 8 heteroatoms. The van der Waals surface area contributed by atoms with Gasteiger partial charge in [-0.25, -0.2) is 9.79 Å². The Hall–Kier alpha value is -3.13. The van der Waals surface area contributed by atoms with Crippen molar-refractivity contribution < 1.29 is 23.8 Å². The minimum Gasteiger partial charge on any atom is -0.490 e. The number of hydrogen-bond acceptors (Lipinski definition) is 6. The topological polar surface area (TPSA) is 77.4 Å². The first-order chi connectivity index (χ1) is 14.8. The van der Waals surface area contributed by atoms with Gasteiger partial charge in [-0.05, 0) is 65.7 Å². The summed E-state index contributed by atoms with van der Waals surface area (Å²) in [4.78, 5) is 30.0. The highest BCUT2D eigenvalue weighted by atomic mass is 79.9. The third kappa shape index (κ3) is 5.52. The van der Waals surface area contributed by atoms with Gasteiger partial charge in [-0.2, -0.15) is 0 Å². The summed E-state index contributed by atoms with van der Waals surface area (Å²) in [6, 6.07) is 11.1. The minimum atomic E-state index is -0.526. The van der Waals surface area contributed by atoms with Crippen molar-refractivity contribution in [2.24, 2.45) is 4.99 Å². The van der Waals surface area contributed by atoms with E-state index in [1.807, 2.05) is 38.1 Å². The van der Waals surface area contributed by atoms with Gasteiger partial charge in [-0.15, -0.1) is 0 Å². The van der Waals surface area contributed by atoms with E-state index in [1.54, 1.807) is 32.3 Å². The lowest BCUT2D eigenvalue weighted by Gasteiger charge is -2.16. The van der Waals surface area contributed by atoms with Crippen LogP contribution < -0.4 is 9.47 Å². The molecule has 0 aromatic heterocycles. The summed E-state index contributed by atoms with van der Waals surface area (Å²) in [5.41, 5.74) is 2.68. The Balaban J connectivity index is 1.89. The van der Waals surface area contributed by atoms with E-state index >= 15 is 0 Å². The third-order valence-electron chi connectivity index (χ3n) is 4.39. The van der Waals surface area contributed by atoms with Crippen LogP contribution in [0.5, 0.6) is 11.5 Å². The van der Waals surface area contributed by atoms with Crippen molar-refractivity contribution in [2.75, 3.05) is 27.3 Å². The second kappa shape index (κ2) is 9.78. The molecule has 162 valence electrons. The molecular weight excluding hydrogens is 464 g/mol. The molecule has 0 fully saturated rings. The molecule has 0 N–H and O–H groups in total. The zero-order valence-corrected chi connectivity index (χ0v) is 19.4. The fourth-order valence-corrected chi connectivity index (χ4v) is 3.30. The molecule has 0 saturated heterocycles. The number of aliphatic imine (C=N–C) groups is 1. The number of cyclic esters (lactones) is 1. The number of ether oxygens (including phenoxy) is 3. The van der Waals surface area contributed by atoms with E-state index < -0.39 is 5.97 Å². The first-order valence-electron chi connectivity index (χ1n) is 9.67. The van der Waals surface area contributed by atoms with E-state index in [1.165, 1.54) is 4.90 Å². The zero-order chi connectivity index (χ0) is 22.5. The lowest BCUT2D eigenvalue weighted by atomic mass is 10.1. The summed E-state index contributed by atoms with van der Waals surface area (Å²) in [6.07, 6.45) is 1.62. The molecule has 0 bridgehead atoms. The number of rotatable bonds is 7. The van der Waals surface area contributed by atoms with Gasteiger partial charge in [0.1, 0.15) is 0 Å². The molecule has 1 amide bonds. The molecule has 0 aliphatic carbocycles. The Kier molecular flexibility index (Phi) is 7.12. The summed E-state index contributed by atoms with van der Waals surface area (Å²) in [5.74, 6) is 0.428. The van der Waals surface area contributed by atoms with Gasteiger partial charge in [0, 0.05) is 19.7 Å². The van der Waals surface area contributed by atoms with Crippen LogP contribution >= 0.6 is 15.9 Å². The highest BCUT2D eigenvalue weighted by Gasteiger charge is 2.24. The normalized spacial score (nSPS) is 14.3. The first-order valence-corrected chi connectivity index (χ1v) is 10.5. The molecule has 3 rings (SSSR count). The molecule has 0 unspecified atom stereocenters. The number of hydrogen-bond donors (Lipinski definition) is 0. The number of esters is 1. The second-order valence-corrected chi connectivity index (χ2v) is 7.90. The SMILES string of the molecule is CCOc1cc(/C=C2\N=C(c3ccc(C)cc3)OC2=O)cc(Br)c1OCC(=O)N(C)C. The Bertz CT molecular complexity index is 1060. The van der Waals surface area contributed by atoms with Crippen molar-refractivity contribution in [2.45, 2.75) is 13.8 Å². The smallest absolute Gasteiger partial charge is 0.363 e. The number of carbonyl (C=O) groups is 2. The van der Waals surface area contributed by atoms with Crippen LogP contribution in [0.15, 0.2) is 51.6 Å². The predicted octanol–water partition coefficient (Wildman–Crippen LogP) is 3.97.